The van der Waals surface area contributed by atoms with Crippen LogP contribution in [0.3, 0.4) is 0 Å². The van der Waals surface area contributed by atoms with E-state index in [4.69, 9.17) is 23.2 Å². The van der Waals surface area contributed by atoms with Crippen molar-refractivity contribution in [3.63, 3.8) is 0 Å². The summed E-state index contributed by atoms with van der Waals surface area (Å²) in [5, 5.41) is 12.2. The molecule has 27 heavy (non-hydrogen) atoms. The summed E-state index contributed by atoms with van der Waals surface area (Å²) in [6.45, 7) is 2.05. The van der Waals surface area contributed by atoms with E-state index < -0.39 is 0 Å². The lowest BCUT2D eigenvalue weighted by molar-refractivity contribution is -0.384. The Balaban J connectivity index is 1.63. The average molecular weight is 406 g/mol. The van der Waals surface area contributed by atoms with Gasteiger partial charge in [-0.2, -0.15) is 0 Å². The zero-order valence-corrected chi connectivity index (χ0v) is 15.9. The predicted octanol–water partition coefficient (Wildman–Crippen LogP) is 4.26. The maximum absolute atomic E-state index is 12.4. The first-order valence-corrected chi connectivity index (χ1v) is 9.11. The van der Waals surface area contributed by atoms with E-state index in [1.54, 1.807) is 47.4 Å². The summed E-state index contributed by atoms with van der Waals surface area (Å²) in [7, 11) is 0. The number of carbonyl (C=O) groups excluding carboxylic acids is 1. The first-order valence-electron chi connectivity index (χ1n) is 8.36. The number of amides is 1. The van der Waals surface area contributed by atoms with Crippen molar-refractivity contribution < 1.29 is 9.72 Å². The highest BCUT2D eigenvalue weighted by Gasteiger charge is 2.24. The molecule has 0 spiro atoms. The number of halogens is 2. The molecule has 1 heterocycles. The van der Waals surface area contributed by atoms with Crippen LogP contribution in [0.4, 0.5) is 11.4 Å². The largest absolute Gasteiger partial charge is 0.362 e. The summed E-state index contributed by atoms with van der Waals surface area (Å²) in [6.07, 6.45) is 3.14. The summed E-state index contributed by atoms with van der Waals surface area (Å²) in [4.78, 5) is 26.9. The van der Waals surface area contributed by atoms with Gasteiger partial charge in [0.25, 0.3) is 5.69 Å². The molecule has 140 valence electrons. The van der Waals surface area contributed by atoms with Crippen molar-refractivity contribution in [2.45, 2.75) is 0 Å². The van der Waals surface area contributed by atoms with E-state index in [0.29, 0.717) is 47.5 Å². The van der Waals surface area contributed by atoms with Gasteiger partial charge in [-0.25, -0.2) is 0 Å². The molecule has 1 fully saturated rings. The lowest BCUT2D eigenvalue weighted by Crippen LogP contribution is -2.48. The average Bonchev–Trinajstić information content (AvgIpc) is 2.67. The van der Waals surface area contributed by atoms with E-state index in [2.05, 4.69) is 0 Å². The zero-order chi connectivity index (χ0) is 19.4. The maximum Gasteiger partial charge on any atom is 0.292 e. The van der Waals surface area contributed by atoms with Crippen molar-refractivity contribution in [1.82, 2.24) is 4.90 Å². The molecule has 0 saturated carbocycles. The zero-order valence-electron chi connectivity index (χ0n) is 14.3. The summed E-state index contributed by atoms with van der Waals surface area (Å²) < 4.78 is 0. The summed E-state index contributed by atoms with van der Waals surface area (Å²) >= 11 is 12.0. The Hall–Kier alpha value is -2.57. The minimum atomic E-state index is -0.383. The van der Waals surface area contributed by atoms with Crippen molar-refractivity contribution in [1.29, 1.82) is 0 Å². The van der Waals surface area contributed by atoms with Gasteiger partial charge in [-0.05, 0) is 29.8 Å². The van der Waals surface area contributed by atoms with Crippen LogP contribution in [0.15, 0.2) is 48.5 Å². The van der Waals surface area contributed by atoms with E-state index in [-0.39, 0.29) is 16.5 Å². The minimum absolute atomic E-state index is 0.0783. The molecule has 6 nitrogen and oxygen atoms in total. The monoisotopic (exact) mass is 405 g/mol. The normalized spacial score (nSPS) is 14.6. The Kier molecular flexibility index (Phi) is 5.98. The smallest absolute Gasteiger partial charge is 0.292 e. The fourth-order valence-corrected chi connectivity index (χ4v) is 3.43. The number of rotatable bonds is 4. The molecule has 2 aromatic rings. The fraction of sp³-hybridized carbons (Fsp3) is 0.211. The molecule has 1 aliphatic rings. The SMILES string of the molecule is O=C(/C=C/c1ccc(Cl)cc1Cl)N1CCN(c2ccccc2[N+](=O)[O-])CC1. The van der Waals surface area contributed by atoms with Crippen LogP contribution in [0.25, 0.3) is 6.08 Å². The van der Waals surface area contributed by atoms with Gasteiger partial charge in [0.05, 0.1) is 4.92 Å². The molecule has 1 saturated heterocycles. The third-order valence-corrected chi connectivity index (χ3v) is 4.94. The van der Waals surface area contributed by atoms with Crippen molar-refractivity contribution >= 4 is 46.6 Å². The van der Waals surface area contributed by atoms with Gasteiger partial charge in [0.15, 0.2) is 0 Å². The highest BCUT2D eigenvalue weighted by Crippen LogP contribution is 2.28. The van der Waals surface area contributed by atoms with Crippen molar-refractivity contribution in [3.05, 3.63) is 74.3 Å². The predicted molar refractivity (Wildman–Crippen MR) is 107 cm³/mol. The molecule has 1 amide bonds. The molecule has 8 heteroatoms. The first kappa shape index (κ1) is 19.2. The van der Waals surface area contributed by atoms with Gasteiger partial charge in [0.1, 0.15) is 5.69 Å². The van der Waals surface area contributed by atoms with Crippen LogP contribution in [0.2, 0.25) is 10.0 Å². The maximum atomic E-state index is 12.4. The number of nitro benzene ring substituents is 1. The van der Waals surface area contributed by atoms with Gasteiger partial charge in [-0.3, -0.25) is 14.9 Å². The topological polar surface area (TPSA) is 66.7 Å². The fourth-order valence-electron chi connectivity index (χ4n) is 2.96. The highest BCUT2D eigenvalue weighted by molar-refractivity contribution is 6.35. The lowest BCUT2D eigenvalue weighted by atomic mass is 10.2. The molecule has 0 bridgehead atoms. The Morgan fingerprint density at radius 3 is 2.44 bits per heavy atom. The lowest BCUT2D eigenvalue weighted by Gasteiger charge is -2.35. The highest BCUT2D eigenvalue weighted by atomic mass is 35.5. The number of anilines is 1. The number of nitro groups is 1. The number of piperazine rings is 1. The first-order chi connectivity index (χ1) is 13.0. The van der Waals surface area contributed by atoms with Gasteiger partial charge >= 0.3 is 0 Å². The second kappa shape index (κ2) is 8.41. The molecule has 0 N–H and O–H groups in total. The summed E-state index contributed by atoms with van der Waals surface area (Å²) in [6, 6.07) is 11.7. The molecule has 2 aromatic carbocycles. The molecular weight excluding hydrogens is 389 g/mol. The molecule has 0 radical (unpaired) electrons. The number of hydrogen-bond acceptors (Lipinski definition) is 4. The summed E-state index contributed by atoms with van der Waals surface area (Å²) in [5.41, 5.74) is 1.38. The Labute approximate surface area is 166 Å². The quantitative estimate of drug-likeness (QED) is 0.432. The standard InChI is InChI=1S/C19H17Cl2N3O3/c20-15-7-5-14(16(21)13-15)6-8-19(25)23-11-9-22(10-12-23)17-3-1-2-4-18(17)24(26)27/h1-8,13H,9-12H2/b8-6+. The molecule has 0 aromatic heterocycles. The van der Waals surface area contributed by atoms with Gasteiger partial charge in [-0.15, -0.1) is 0 Å². The minimum Gasteiger partial charge on any atom is -0.362 e. The van der Waals surface area contributed by atoms with Crippen LogP contribution >= 0.6 is 23.2 Å². The van der Waals surface area contributed by atoms with Gasteiger partial charge in [0.2, 0.25) is 5.91 Å². The van der Waals surface area contributed by atoms with Crippen molar-refractivity contribution in [2.24, 2.45) is 0 Å². The summed E-state index contributed by atoms with van der Waals surface area (Å²) in [5.74, 6) is -0.122. The van der Waals surface area contributed by atoms with E-state index in [1.165, 1.54) is 12.1 Å². The molecular formula is C19H17Cl2N3O3. The van der Waals surface area contributed by atoms with E-state index >= 15 is 0 Å². The Bertz CT molecular complexity index is 894. The van der Waals surface area contributed by atoms with Gasteiger partial charge in [-0.1, -0.05) is 41.4 Å². The molecule has 1 aliphatic heterocycles. The third kappa shape index (κ3) is 4.59. The third-order valence-electron chi connectivity index (χ3n) is 4.38. The van der Waals surface area contributed by atoms with Crippen LogP contribution in [0.1, 0.15) is 5.56 Å². The van der Waals surface area contributed by atoms with Crippen LogP contribution in [-0.2, 0) is 4.79 Å². The van der Waals surface area contributed by atoms with Crippen LogP contribution in [0.5, 0.6) is 0 Å². The van der Waals surface area contributed by atoms with Gasteiger partial charge < -0.3 is 9.80 Å². The molecule has 0 aliphatic carbocycles. The molecule has 0 atom stereocenters. The van der Waals surface area contributed by atoms with Crippen LogP contribution < -0.4 is 4.90 Å². The Morgan fingerprint density at radius 2 is 1.78 bits per heavy atom. The van der Waals surface area contributed by atoms with E-state index in [9.17, 15) is 14.9 Å². The van der Waals surface area contributed by atoms with Gasteiger partial charge in [0, 0.05) is 48.4 Å². The number of benzene rings is 2. The second-order valence-electron chi connectivity index (χ2n) is 6.06. The second-order valence-corrected chi connectivity index (χ2v) is 6.90. The molecule has 0 unspecified atom stereocenters. The van der Waals surface area contributed by atoms with E-state index in [1.807, 2.05) is 4.90 Å². The number of nitrogens with zero attached hydrogens (tertiary/aromatic N) is 3. The van der Waals surface area contributed by atoms with Crippen molar-refractivity contribution in [2.75, 3.05) is 31.1 Å². The van der Waals surface area contributed by atoms with Crippen LogP contribution in [0, 0.1) is 10.1 Å². The molecule has 3 rings (SSSR count). The number of hydrogen-bond donors (Lipinski definition) is 0. The van der Waals surface area contributed by atoms with Crippen molar-refractivity contribution in [3.8, 4) is 0 Å². The van der Waals surface area contributed by atoms with E-state index in [0.717, 1.165) is 0 Å². The van der Waals surface area contributed by atoms with Crippen LogP contribution in [-0.4, -0.2) is 41.9 Å². The number of carbonyl (C=O) groups is 1. The number of para-hydroxylation sites is 2. The Morgan fingerprint density at radius 1 is 1.07 bits per heavy atom.